The first-order valence-electron chi connectivity index (χ1n) is 10.3. The van der Waals surface area contributed by atoms with Gasteiger partial charge in [0, 0.05) is 36.3 Å². The highest BCUT2D eigenvalue weighted by atomic mass is 35.5. The molecule has 30 heavy (non-hydrogen) atoms. The molecular weight excluding hydrogens is 400 g/mol. The van der Waals surface area contributed by atoms with Crippen molar-refractivity contribution in [2.45, 2.75) is 25.7 Å². The van der Waals surface area contributed by atoms with Gasteiger partial charge in [0.1, 0.15) is 17.4 Å². The molecule has 0 bridgehead atoms. The number of ketones is 1. The third-order valence-corrected chi connectivity index (χ3v) is 5.75. The molecule has 0 amide bonds. The Balaban J connectivity index is 1.33. The fourth-order valence-electron chi connectivity index (χ4n) is 3.77. The zero-order valence-corrected chi connectivity index (χ0v) is 17.6. The second kappa shape index (κ2) is 9.41. The normalized spacial score (nSPS) is 14.3. The van der Waals surface area contributed by atoms with Crippen LogP contribution in [0.2, 0.25) is 5.02 Å². The Morgan fingerprint density at radius 2 is 2.00 bits per heavy atom. The molecule has 6 nitrogen and oxygen atoms in total. The van der Waals surface area contributed by atoms with Gasteiger partial charge in [-0.3, -0.25) is 9.69 Å². The highest BCUT2D eigenvalue weighted by Gasteiger charge is 2.14. The highest BCUT2D eigenvalue weighted by molar-refractivity contribution is 6.32. The minimum absolute atomic E-state index is 0.00218. The number of hydrogen-bond donors (Lipinski definition) is 1. The number of carbonyl (C=O) groups excluding carboxylic acids is 1. The largest absolute Gasteiger partial charge is 0.475 e. The molecule has 156 valence electrons. The van der Waals surface area contributed by atoms with Crippen molar-refractivity contribution in [2.24, 2.45) is 0 Å². The third-order valence-electron chi connectivity index (χ3n) is 5.47. The van der Waals surface area contributed by atoms with E-state index in [1.165, 1.54) is 12.8 Å². The minimum Gasteiger partial charge on any atom is -0.475 e. The van der Waals surface area contributed by atoms with Gasteiger partial charge >= 0.3 is 0 Å². The number of hydrogen-bond acceptors (Lipinski definition) is 6. The molecule has 1 aliphatic heterocycles. The number of aromatic nitrogens is 2. The summed E-state index contributed by atoms with van der Waals surface area (Å²) in [6.07, 6.45) is 6.74. The molecule has 0 spiro atoms. The summed E-state index contributed by atoms with van der Waals surface area (Å²) >= 11 is 6.30. The van der Waals surface area contributed by atoms with Crippen LogP contribution in [0, 0.1) is 0 Å². The van der Waals surface area contributed by atoms with Crippen molar-refractivity contribution in [2.75, 3.05) is 32.0 Å². The molecule has 2 aromatic heterocycles. The van der Waals surface area contributed by atoms with Gasteiger partial charge in [0.2, 0.25) is 5.88 Å². The number of aryl methyl sites for hydroxylation is 1. The van der Waals surface area contributed by atoms with E-state index in [-0.39, 0.29) is 5.78 Å². The molecule has 0 aliphatic carbocycles. The number of nitrogen functional groups attached to an aromatic ring is 1. The number of nitrogens with two attached hydrogens (primary N) is 1. The maximum Gasteiger partial charge on any atom is 0.232 e. The molecule has 3 heterocycles. The number of rotatable bonds is 8. The van der Waals surface area contributed by atoms with Gasteiger partial charge in [0.15, 0.2) is 5.78 Å². The fourth-order valence-corrected chi connectivity index (χ4v) is 3.99. The molecule has 3 aromatic rings. The van der Waals surface area contributed by atoms with Gasteiger partial charge in [-0.2, -0.15) is 0 Å². The van der Waals surface area contributed by atoms with E-state index in [0.717, 1.165) is 36.0 Å². The molecule has 0 atom stereocenters. The first-order valence-corrected chi connectivity index (χ1v) is 10.6. The maximum atomic E-state index is 12.6. The van der Waals surface area contributed by atoms with Crippen LogP contribution in [0.25, 0.3) is 10.8 Å². The van der Waals surface area contributed by atoms with E-state index in [9.17, 15) is 4.79 Å². The number of anilines is 1. The SMILES string of the molecule is Nc1nccc2cc(CCC(=O)c3cnc(OCCN4CCCC4)c(Cl)c3)ccc12. The van der Waals surface area contributed by atoms with Crippen molar-refractivity contribution in [1.29, 1.82) is 0 Å². The number of ether oxygens (including phenoxy) is 1. The van der Waals surface area contributed by atoms with Crippen molar-refractivity contribution in [3.05, 3.63) is 58.9 Å². The van der Waals surface area contributed by atoms with Crippen LogP contribution >= 0.6 is 11.6 Å². The van der Waals surface area contributed by atoms with Crippen molar-refractivity contribution in [1.82, 2.24) is 14.9 Å². The van der Waals surface area contributed by atoms with Crippen LogP contribution in [0.3, 0.4) is 0 Å². The van der Waals surface area contributed by atoms with Crippen LogP contribution in [0.5, 0.6) is 5.88 Å². The predicted molar refractivity (Wildman–Crippen MR) is 119 cm³/mol. The number of Topliss-reactive ketones (excluding diaryl/α,β-unsaturated/α-hetero) is 1. The molecule has 0 unspecified atom stereocenters. The first-order chi connectivity index (χ1) is 14.6. The lowest BCUT2D eigenvalue weighted by Crippen LogP contribution is -2.25. The Kier molecular flexibility index (Phi) is 6.45. The van der Waals surface area contributed by atoms with Crippen molar-refractivity contribution in [3.63, 3.8) is 0 Å². The molecule has 1 aromatic carbocycles. The summed E-state index contributed by atoms with van der Waals surface area (Å²) in [5.41, 5.74) is 7.47. The van der Waals surface area contributed by atoms with Crippen LogP contribution < -0.4 is 10.5 Å². The van der Waals surface area contributed by atoms with Crippen LogP contribution in [0.1, 0.15) is 35.2 Å². The lowest BCUT2D eigenvalue weighted by Gasteiger charge is -2.15. The van der Waals surface area contributed by atoms with Gasteiger partial charge in [-0.25, -0.2) is 9.97 Å². The Bertz CT molecular complexity index is 1050. The number of likely N-dealkylation sites (tertiary alicyclic amines) is 1. The summed E-state index contributed by atoms with van der Waals surface area (Å²) in [5.74, 6) is 0.897. The van der Waals surface area contributed by atoms with Crippen LogP contribution in [0.4, 0.5) is 5.82 Å². The topological polar surface area (TPSA) is 81.3 Å². The minimum atomic E-state index is 0.00218. The molecule has 4 rings (SSSR count). The van der Waals surface area contributed by atoms with Gasteiger partial charge < -0.3 is 10.5 Å². The van der Waals surface area contributed by atoms with Gasteiger partial charge in [-0.1, -0.05) is 29.8 Å². The molecular formula is C23H25ClN4O2. The summed E-state index contributed by atoms with van der Waals surface area (Å²) in [7, 11) is 0. The second-order valence-corrected chi connectivity index (χ2v) is 7.99. The quantitative estimate of drug-likeness (QED) is 0.547. The number of carbonyl (C=O) groups is 1. The van der Waals surface area contributed by atoms with E-state index in [1.54, 1.807) is 18.5 Å². The van der Waals surface area contributed by atoms with Crippen molar-refractivity contribution in [3.8, 4) is 5.88 Å². The van der Waals surface area contributed by atoms with Gasteiger partial charge in [-0.15, -0.1) is 0 Å². The molecule has 2 N–H and O–H groups in total. The molecule has 1 saturated heterocycles. The highest BCUT2D eigenvalue weighted by Crippen LogP contribution is 2.24. The smallest absolute Gasteiger partial charge is 0.232 e. The first kappa shape index (κ1) is 20.6. The fraction of sp³-hybridized carbons (Fsp3) is 0.348. The molecule has 7 heteroatoms. The van der Waals surface area contributed by atoms with Crippen LogP contribution in [0.15, 0.2) is 42.7 Å². The molecule has 0 radical (unpaired) electrons. The van der Waals surface area contributed by atoms with E-state index in [4.69, 9.17) is 22.1 Å². The lowest BCUT2D eigenvalue weighted by molar-refractivity contribution is 0.0982. The van der Waals surface area contributed by atoms with Gasteiger partial charge in [0.05, 0.1) is 0 Å². The Morgan fingerprint density at radius 3 is 2.80 bits per heavy atom. The Morgan fingerprint density at radius 1 is 1.17 bits per heavy atom. The summed E-state index contributed by atoms with van der Waals surface area (Å²) in [6.45, 7) is 3.66. The average molecular weight is 425 g/mol. The summed E-state index contributed by atoms with van der Waals surface area (Å²) in [4.78, 5) is 23.3. The summed E-state index contributed by atoms with van der Waals surface area (Å²) in [5, 5.41) is 2.31. The molecule has 1 fully saturated rings. The zero-order chi connectivity index (χ0) is 20.9. The Hall–Kier alpha value is -2.70. The number of nitrogens with zero attached hydrogens (tertiary/aromatic N) is 3. The van der Waals surface area contributed by atoms with E-state index >= 15 is 0 Å². The average Bonchev–Trinajstić information content (AvgIpc) is 3.27. The number of fused-ring (bicyclic) bond motifs is 1. The second-order valence-electron chi connectivity index (χ2n) is 7.58. The van der Waals surface area contributed by atoms with E-state index in [0.29, 0.717) is 41.7 Å². The number of halogens is 1. The zero-order valence-electron chi connectivity index (χ0n) is 16.8. The number of pyridine rings is 2. The van der Waals surface area contributed by atoms with Crippen molar-refractivity contribution >= 4 is 34.0 Å². The third kappa shape index (κ3) is 4.89. The van der Waals surface area contributed by atoms with Crippen molar-refractivity contribution < 1.29 is 9.53 Å². The predicted octanol–water partition coefficient (Wildman–Crippen LogP) is 4.16. The van der Waals surface area contributed by atoms with Crippen LogP contribution in [-0.2, 0) is 6.42 Å². The van der Waals surface area contributed by atoms with Gasteiger partial charge in [0.25, 0.3) is 0 Å². The van der Waals surface area contributed by atoms with E-state index < -0.39 is 0 Å². The van der Waals surface area contributed by atoms with E-state index in [1.807, 2.05) is 24.3 Å². The lowest BCUT2D eigenvalue weighted by atomic mass is 10.0. The molecule has 1 aliphatic rings. The van der Waals surface area contributed by atoms with Crippen LogP contribution in [-0.4, -0.2) is 46.9 Å². The van der Waals surface area contributed by atoms with Gasteiger partial charge in [-0.05, 0) is 55.4 Å². The number of benzene rings is 1. The summed E-state index contributed by atoms with van der Waals surface area (Å²) in [6, 6.07) is 9.54. The monoisotopic (exact) mass is 424 g/mol. The van der Waals surface area contributed by atoms with E-state index in [2.05, 4.69) is 14.9 Å². The maximum absolute atomic E-state index is 12.6. The standard InChI is InChI=1S/C23H25ClN4O2/c24-20-14-18(15-27-23(20)30-12-11-28-9-1-2-10-28)21(29)6-4-16-3-5-19-17(13-16)7-8-26-22(19)25/h3,5,7-8,13-15H,1-2,4,6,9-12H2,(H2,25,26). The molecule has 0 saturated carbocycles. The Labute approximate surface area is 181 Å². The summed E-state index contributed by atoms with van der Waals surface area (Å²) < 4.78 is 5.70.